The lowest BCUT2D eigenvalue weighted by atomic mass is 9.82. The number of hydrogen-bond donors (Lipinski definition) is 1. The summed E-state index contributed by atoms with van der Waals surface area (Å²) in [6.45, 7) is 2.77. The van der Waals surface area contributed by atoms with Crippen LogP contribution in [0, 0.1) is 0 Å². The van der Waals surface area contributed by atoms with Gasteiger partial charge in [-0.3, -0.25) is 4.79 Å². The standard InChI is InChI=1S/C23H31NO4S/c1-2-28-22(26)19-10-6-8-18(16-19)9-7-11-21-24(20(25)17-29-21)15-14-23(27)12-4-3-5-13-23/h6-10,16,21,27H,2-5,11-15,17H2,1H3. The van der Waals surface area contributed by atoms with E-state index in [1.807, 2.05) is 29.2 Å². The highest BCUT2D eigenvalue weighted by atomic mass is 32.2. The zero-order valence-electron chi connectivity index (χ0n) is 17.1. The summed E-state index contributed by atoms with van der Waals surface area (Å²) in [6, 6.07) is 7.36. The van der Waals surface area contributed by atoms with Gasteiger partial charge in [0.25, 0.3) is 0 Å². The first-order chi connectivity index (χ1) is 14.0. The van der Waals surface area contributed by atoms with Crippen molar-refractivity contribution in [2.45, 2.75) is 62.8 Å². The van der Waals surface area contributed by atoms with Crippen LogP contribution in [0.5, 0.6) is 0 Å². The number of carbonyl (C=O) groups is 2. The number of aliphatic hydroxyl groups is 1. The van der Waals surface area contributed by atoms with E-state index in [9.17, 15) is 14.7 Å². The Morgan fingerprint density at radius 3 is 2.90 bits per heavy atom. The molecule has 158 valence electrons. The third-order valence-corrected chi connectivity index (χ3v) is 6.96. The lowest BCUT2D eigenvalue weighted by molar-refractivity contribution is -0.128. The summed E-state index contributed by atoms with van der Waals surface area (Å²) in [4.78, 5) is 26.1. The van der Waals surface area contributed by atoms with Gasteiger partial charge in [-0.05, 0) is 50.3 Å². The van der Waals surface area contributed by atoms with Crippen molar-refractivity contribution >= 4 is 29.7 Å². The molecule has 1 heterocycles. The highest BCUT2D eigenvalue weighted by Crippen LogP contribution is 2.34. The molecular formula is C23H31NO4S. The van der Waals surface area contributed by atoms with Gasteiger partial charge >= 0.3 is 5.97 Å². The number of rotatable bonds is 8. The summed E-state index contributed by atoms with van der Waals surface area (Å²) in [5.41, 5.74) is 0.884. The van der Waals surface area contributed by atoms with E-state index in [2.05, 4.69) is 6.08 Å². The highest BCUT2D eigenvalue weighted by Gasteiger charge is 2.34. The Hall–Kier alpha value is -1.79. The number of esters is 1. The molecule has 0 bridgehead atoms. The zero-order valence-corrected chi connectivity index (χ0v) is 18.0. The van der Waals surface area contributed by atoms with Gasteiger partial charge in [0, 0.05) is 6.54 Å². The number of amides is 1. The molecule has 0 spiro atoms. The third-order valence-electron chi connectivity index (χ3n) is 5.72. The number of benzene rings is 1. The molecule has 2 fully saturated rings. The van der Waals surface area contributed by atoms with Crippen molar-refractivity contribution < 1.29 is 19.4 Å². The maximum absolute atomic E-state index is 12.3. The fourth-order valence-electron chi connectivity index (χ4n) is 4.06. The van der Waals surface area contributed by atoms with Crippen LogP contribution < -0.4 is 0 Å². The van der Waals surface area contributed by atoms with Crippen LogP contribution in [0.25, 0.3) is 6.08 Å². The Morgan fingerprint density at radius 1 is 1.34 bits per heavy atom. The number of nitrogens with zero attached hydrogens (tertiary/aromatic N) is 1. The monoisotopic (exact) mass is 417 g/mol. The normalized spacial score (nSPS) is 21.7. The first-order valence-corrected chi connectivity index (χ1v) is 11.6. The van der Waals surface area contributed by atoms with E-state index in [1.165, 1.54) is 6.42 Å². The zero-order chi connectivity index (χ0) is 20.7. The van der Waals surface area contributed by atoms with Gasteiger partial charge in [-0.1, -0.05) is 43.5 Å². The molecule has 1 aliphatic heterocycles. The van der Waals surface area contributed by atoms with Crippen molar-refractivity contribution in [1.29, 1.82) is 0 Å². The number of ether oxygens (including phenoxy) is 1. The minimum Gasteiger partial charge on any atom is -0.462 e. The molecule has 0 radical (unpaired) electrons. The van der Waals surface area contributed by atoms with Crippen molar-refractivity contribution in [1.82, 2.24) is 4.90 Å². The van der Waals surface area contributed by atoms with Crippen LogP contribution in [0.4, 0.5) is 0 Å². The summed E-state index contributed by atoms with van der Waals surface area (Å²) in [5, 5.41) is 10.9. The topological polar surface area (TPSA) is 66.8 Å². The molecule has 5 nitrogen and oxygen atoms in total. The summed E-state index contributed by atoms with van der Waals surface area (Å²) in [6.07, 6.45) is 10.5. The second-order valence-electron chi connectivity index (χ2n) is 7.87. The van der Waals surface area contributed by atoms with Crippen LogP contribution in [0.1, 0.15) is 67.8 Å². The average Bonchev–Trinajstić information content (AvgIpc) is 3.07. The van der Waals surface area contributed by atoms with Gasteiger partial charge in [-0.25, -0.2) is 4.79 Å². The quantitative estimate of drug-likeness (QED) is 0.641. The largest absolute Gasteiger partial charge is 0.462 e. The Bertz CT molecular complexity index is 742. The van der Waals surface area contributed by atoms with E-state index < -0.39 is 5.60 Å². The van der Waals surface area contributed by atoms with Crippen molar-refractivity contribution in [3.05, 3.63) is 41.5 Å². The summed E-state index contributed by atoms with van der Waals surface area (Å²) in [5.74, 6) is 0.360. The van der Waals surface area contributed by atoms with Gasteiger partial charge < -0.3 is 14.7 Å². The molecule has 1 aromatic carbocycles. The molecule has 2 aliphatic rings. The summed E-state index contributed by atoms with van der Waals surface area (Å²) < 4.78 is 5.05. The van der Waals surface area contributed by atoms with Crippen LogP contribution in [0.15, 0.2) is 30.3 Å². The highest BCUT2D eigenvalue weighted by molar-refractivity contribution is 8.01. The maximum atomic E-state index is 12.3. The predicted molar refractivity (Wildman–Crippen MR) is 117 cm³/mol. The van der Waals surface area contributed by atoms with Crippen molar-refractivity contribution in [3.63, 3.8) is 0 Å². The molecule has 1 atom stereocenters. The van der Waals surface area contributed by atoms with Crippen LogP contribution in [-0.2, 0) is 9.53 Å². The van der Waals surface area contributed by atoms with Gasteiger partial charge in [0.15, 0.2) is 0 Å². The Morgan fingerprint density at radius 2 is 2.14 bits per heavy atom. The Kier molecular flexibility index (Phi) is 7.78. The van der Waals surface area contributed by atoms with Crippen LogP contribution >= 0.6 is 11.8 Å². The van der Waals surface area contributed by atoms with E-state index in [0.717, 1.165) is 37.7 Å². The first-order valence-electron chi connectivity index (χ1n) is 10.6. The molecule has 1 saturated heterocycles. The van der Waals surface area contributed by atoms with E-state index in [0.29, 0.717) is 30.9 Å². The molecule has 1 unspecified atom stereocenters. The lowest BCUT2D eigenvalue weighted by Gasteiger charge is -2.34. The molecule has 0 aromatic heterocycles. The Balaban J connectivity index is 1.55. The van der Waals surface area contributed by atoms with Gasteiger partial charge in [-0.2, -0.15) is 0 Å². The van der Waals surface area contributed by atoms with Gasteiger partial charge in [0.2, 0.25) is 5.91 Å². The second kappa shape index (κ2) is 10.3. The smallest absolute Gasteiger partial charge is 0.338 e. The van der Waals surface area contributed by atoms with E-state index >= 15 is 0 Å². The van der Waals surface area contributed by atoms with Crippen LogP contribution in [0.3, 0.4) is 0 Å². The van der Waals surface area contributed by atoms with Crippen LogP contribution in [0.2, 0.25) is 0 Å². The molecule has 1 saturated carbocycles. The van der Waals surface area contributed by atoms with Crippen molar-refractivity contribution in [2.75, 3.05) is 18.9 Å². The fourth-order valence-corrected chi connectivity index (χ4v) is 5.21. The van der Waals surface area contributed by atoms with E-state index in [-0.39, 0.29) is 17.3 Å². The average molecular weight is 418 g/mol. The number of carbonyl (C=O) groups excluding carboxylic acids is 2. The fraction of sp³-hybridized carbons (Fsp3) is 0.565. The Labute approximate surface area is 177 Å². The maximum Gasteiger partial charge on any atom is 0.338 e. The molecule has 1 aliphatic carbocycles. The van der Waals surface area contributed by atoms with E-state index in [1.54, 1.807) is 24.8 Å². The molecular weight excluding hydrogens is 386 g/mol. The molecule has 3 rings (SSSR count). The van der Waals surface area contributed by atoms with Crippen molar-refractivity contribution in [2.24, 2.45) is 0 Å². The molecule has 1 N–H and O–H groups in total. The SMILES string of the molecule is CCOC(=O)c1cccc(C=CCC2SCC(=O)N2CCC2(O)CCCCC2)c1. The van der Waals surface area contributed by atoms with Gasteiger partial charge in [0.05, 0.1) is 28.9 Å². The summed E-state index contributed by atoms with van der Waals surface area (Å²) >= 11 is 1.66. The van der Waals surface area contributed by atoms with Gasteiger partial charge in [0.1, 0.15) is 0 Å². The third kappa shape index (κ3) is 6.09. The molecule has 1 aromatic rings. The molecule has 6 heteroatoms. The lowest BCUT2D eigenvalue weighted by Crippen LogP contribution is -2.40. The minimum atomic E-state index is -0.598. The van der Waals surface area contributed by atoms with E-state index in [4.69, 9.17) is 4.74 Å². The molecule has 1 amide bonds. The second-order valence-corrected chi connectivity index (χ2v) is 9.04. The van der Waals surface area contributed by atoms with Crippen molar-refractivity contribution in [3.8, 4) is 0 Å². The van der Waals surface area contributed by atoms with Crippen LogP contribution in [-0.4, -0.2) is 51.8 Å². The first kappa shape index (κ1) is 21.9. The number of hydrogen-bond acceptors (Lipinski definition) is 5. The number of thioether (sulfide) groups is 1. The van der Waals surface area contributed by atoms with Gasteiger partial charge in [-0.15, -0.1) is 11.8 Å². The summed E-state index contributed by atoms with van der Waals surface area (Å²) in [7, 11) is 0. The molecule has 29 heavy (non-hydrogen) atoms. The minimum absolute atomic E-state index is 0.110. The predicted octanol–water partition coefficient (Wildman–Crippen LogP) is 4.25.